The van der Waals surface area contributed by atoms with Gasteiger partial charge in [-0.05, 0) is 25.2 Å². The summed E-state index contributed by atoms with van der Waals surface area (Å²) >= 11 is 0. The average molecular weight is 343 g/mol. The minimum atomic E-state index is 0.167. The Hall–Kier alpha value is -2.29. The van der Waals surface area contributed by atoms with Gasteiger partial charge in [-0.15, -0.1) is 15.3 Å². The Balaban J connectivity index is 1.33. The molecule has 1 saturated carbocycles. The van der Waals surface area contributed by atoms with Crippen molar-refractivity contribution in [3.8, 4) is 0 Å². The molecular formula is C16H21N7O2. The summed E-state index contributed by atoms with van der Waals surface area (Å²) in [7, 11) is 0. The first kappa shape index (κ1) is 15.0. The molecule has 1 aliphatic carbocycles. The Morgan fingerprint density at radius 1 is 1.28 bits per heavy atom. The molecule has 9 nitrogen and oxygen atoms in total. The molecule has 0 spiro atoms. The number of nitrogens with zero attached hydrogens (tertiary/aromatic N) is 7. The van der Waals surface area contributed by atoms with Crippen LogP contribution >= 0.6 is 0 Å². The molecule has 9 heteroatoms. The summed E-state index contributed by atoms with van der Waals surface area (Å²) < 4.78 is 9.35. The van der Waals surface area contributed by atoms with Gasteiger partial charge >= 0.3 is 0 Å². The van der Waals surface area contributed by atoms with Gasteiger partial charge in [0, 0.05) is 19.0 Å². The highest BCUT2D eigenvalue weighted by molar-refractivity contribution is 5.82. The molecule has 2 aromatic heterocycles. The maximum absolute atomic E-state index is 12.8. The van der Waals surface area contributed by atoms with Crippen LogP contribution in [0.15, 0.2) is 6.20 Å². The van der Waals surface area contributed by atoms with Gasteiger partial charge in [0.05, 0.1) is 31.6 Å². The van der Waals surface area contributed by atoms with E-state index in [1.807, 2.05) is 16.5 Å². The summed E-state index contributed by atoms with van der Waals surface area (Å²) in [5, 5.41) is 16.7. The van der Waals surface area contributed by atoms with Gasteiger partial charge in [-0.2, -0.15) is 0 Å². The van der Waals surface area contributed by atoms with Crippen LogP contribution < -0.4 is 0 Å². The number of rotatable bonds is 3. The van der Waals surface area contributed by atoms with E-state index in [1.165, 1.54) is 0 Å². The smallest absolute Gasteiger partial charge is 0.226 e. The van der Waals surface area contributed by atoms with Crippen molar-refractivity contribution >= 4 is 5.91 Å². The summed E-state index contributed by atoms with van der Waals surface area (Å²) in [5.74, 6) is 3.05. The number of aryl methyl sites for hydroxylation is 1. The highest BCUT2D eigenvalue weighted by Crippen LogP contribution is 2.51. The quantitative estimate of drug-likeness (QED) is 0.770. The SMILES string of the molecule is Cc1cnnn1Cc1nnc2n1CCCN(C(=O)C1[C@H]3COC[C@@H]13)C2. The number of carbonyl (C=O) groups is 1. The molecule has 25 heavy (non-hydrogen) atoms. The van der Waals surface area contributed by atoms with Crippen LogP contribution in [0.5, 0.6) is 0 Å². The third-order valence-corrected chi connectivity index (χ3v) is 5.70. The third kappa shape index (κ3) is 2.45. The van der Waals surface area contributed by atoms with E-state index in [4.69, 9.17) is 4.74 Å². The van der Waals surface area contributed by atoms with Crippen molar-refractivity contribution in [2.45, 2.75) is 33.0 Å². The molecule has 4 heterocycles. The largest absolute Gasteiger partial charge is 0.381 e. The number of ether oxygens (including phenoxy) is 1. The van der Waals surface area contributed by atoms with E-state index in [9.17, 15) is 4.79 Å². The van der Waals surface area contributed by atoms with Crippen molar-refractivity contribution in [2.75, 3.05) is 19.8 Å². The van der Waals surface area contributed by atoms with Crippen LogP contribution in [-0.2, 0) is 29.2 Å². The highest BCUT2D eigenvalue weighted by Gasteiger charge is 2.58. The molecule has 2 aromatic rings. The molecule has 1 unspecified atom stereocenters. The van der Waals surface area contributed by atoms with E-state index in [0.717, 1.165) is 50.1 Å². The molecule has 0 radical (unpaired) electrons. The molecule has 0 bridgehead atoms. The summed E-state index contributed by atoms with van der Waals surface area (Å²) in [6.45, 7) is 6.15. The lowest BCUT2D eigenvalue weighted by atomic mass is 10.2. The maximum Gasteiger partial charge on any atom is 0.226 e. The van der Waals surface area contributed by atoms with Crippen LogP contribution in [0, 0.1) is 24.7 Å². The lowest BCUT2D eigenvalue weighted by Gasteiger charge is -2.20. The lowest BCUT2D eigenvalue weighted by Crippen LogP contribution is -2.33. The van der Waals surface area contributed by atoms with E-state index in [0.29, 0.717) is 24.9 Å². The van der Waals surface area contributed by atoms with Crippen molar-refractivity contribution in [3.05, 3.63) is 23.5 Å². The molecule has 3 aliphatic rings. The molecule has 132 valence electrons. The minimum absolute atomic E-state index is 0.167. The van der Waals surface area contributed by atoms with E-state index < -0.39 is 0 Å². The van der Waals surface area contributed by atoms with Crippen molar-refractivity contribution in [1.82, 2.24) is 34.7 Å². The second-order valence-electron chi connectivity index (χ2n) is 7.22. The molecule has 0 N–H and O–H groups in total. The van der Waals surface area contributed by atoms with E-state index in [1.54, 1.807) is 6.20 Å². The summed E-state index contributed by atoms with van der Waals surface area (Å²) in [5.41, 5.74) is 0.991. The fourth-order valence-electron chi connectivity index (χ4n) is 4.14. The Bertz CT molecular complexity index is 803. The normalized spacial score (nSPS) is 27.7. The Kier molecular flexibility index (Phi) is 3.37. The van der Waals surface area contributed by atoms with Crippen molar-refractivity contribution in [1.29, 1.82) is 0 Å². The van der Waals surface area contributed by atoms with Crippen LogP contribution in [-0.4, -0.2) is 60.3 Å². The van der Waals surface area contributed by atoms with Crippen LogP contribution in [0.25, 0.3) is 0 Å². The lowest BCUT2D eigenvalue weighted by molar-refractivity contribution is -0.134. The van der Waals surface area contributed by atoms with Crippen LogP contribution in [0.2, 0.25) is 0 Å². The second kappa shape index (κ2) is 5.62. The van der Waals surface area contributed by atoms with Crippen molar-refractivity contribution < 1.29 is 9.53 Å². The zero-order valence-electron chi connectivity index (χ0n) is 14.2. The third-order valence-electron chi connectivity index (χ3n) is 5.70. The van der Waals surface area contributed by atoms with Crippen LogP contribution in [0.3, 0.4) is 0 Å². The monoisotopic (exact) mass is 343 g/mol. The van der Waals surface area contributed by atoms with Gasteiger partial charge in [-0.3, -0.25) is 4.79 Å². The average Bonchev–Trinajstić information content (AvgIpc) is 2.92. The molecule has 2 aliphatic heterocycles. The van der Waals surface area contributed by atoms with Gasteiger partial charge in [-0.25, -0.2) is 4.68 Å². The van der Waals surface area contributed by atoms with E-state index in [-0.39, 0.29) is 11.8 Å². The molecule has 5 rings (SSSR count). The number of carbonyl (C=O) groups excluding carboxylic acids is 1. The van der Waals surface area contributed by atoms with Gasteiger partial charge in [0.15, 0.2) is 11.6 Å². The topological polar surface area (TPSA) is 91.0 Å². The molecule has 1 saturated heterocycles. The summed E-state index contributed by atoms with van der Waals surface area (Å²) in [6.07, 6.45) is 2.65. The summed E-state index contributed by atoms with van der Waals surface area (Å²) in [4.78, 5) is 14.8. The highest BCUT2D eigenvalue weighted by atomic mass is 16.5. The van der Waals surface area contributed by atoms with Crippen molar-refractivity contribution in [2.24, 2.45) is 17.8 Å². The van der Waals surface area contributed by atoms with Gasteiger partial charge in [0.2, 0.25) is 5.91 Å². The number of amides is 1. The van der Waals surface area contributed by atoms with Gasteiger partial charge in [-0.1, -0.05) is 5.21 Å². The Morgan fingerprint density at radius 2 is 2.12 bits per heavy atom. The first-order valence-electron chi connectivity index (χ1n) is 8.85. The number of hydrogen-bond acceptors (Lipinski definition) is 6. The minimum Gasteiger partial charge on any atom is -0.381 e. The molecule has 0 aromatic carbocycles. The fourth-order valence-corrected chi connectivity index (χ4v) is 4.14. The van der Waals surface area contributed by atoms with Crippen LogP contribution in [0.4, 0.5) is 0 Å². The van der Waals surface area contributed by atoms with E-state index in [2.05, 4.69) is 25.1 Å². The number of fused-ring (bicyclic) bond motifs is 2. The Morgan fingerprint density at radius 3 is 2.88 bits per heavy atom. The first-order valence-corrected chi connectivity index (χ1v) is 8.85. The zero-order chi connectivity index (χ0) is 17.0. The predicted octanol–water partition coefficient (Wildman–Crippen LogP) is -0.149. The van der Waals surface area contributed by atoms with Gasteiger partial charge in [0.25, 0.3) is 0 Å². The first-order chi connectivity index (χ1) is 12.2. The number of hydrogen-bond donors (Lipinski definition) is 0. The van der Waals surface area contributed by atoms with E-state index >= 15 is 0 Å². The maximum atomic E-state index is 12.8. The molecule has 2 fully saturated rings. The molecular weight excluding hydrogens is 322 g/mol. The van der Waals surface area contributed by atoms with Gasteiger partial charge in [0.1, 0.15) is 6.54 Å². The Labute approximate surface area is 145 Å². The van der Waals surface area contributed by atoms with Gasteiger partial charge < -0.3 is 14.2 Å². The molecule has 1 amide bonds. The van der Waals surface area contributed by atoms with Crippen molar-refractivity contribution in [3.63, 3.8) is 0 Å². The molecule has 3 atom stereocenters. The predicted molar refractivity (Wildman–Crippen MR) is 85.2 cm³/mol. The fraction of sp³-hybridized carbons (Fsp3) is 0.688. The standard InChI is InChI=1S/C16H21N7O2/c1-10-5-17-20-23(10)7-14-19-18-13-6-21(3-2-4-22(13)14)16(24)15-11-8-25-9-12(11)15/h5,11-12,15H,2-4,6-9H2,1H3/t11-,12+,15?. The zero-order valence-corrected chi connectivity index (χ0v) is 14.2. The second-order valence-corrected chi connectivity index (χ2v) is 7.22. The number of aromatic nitrogens is 6. The van der Waals surface area contributed by atoms with Crippen LogP contribution in [0.1, 0.15) is 23.8 Å². The summed E-state index contributed by atoms with van der Waals surface area (Å²) in [6, 6.07) is 0.